The zero-order valence-electron chi connectivity index (χ0n) is 17.7. The lowest BCUT2D eigenvalue weighted by molar-refractivity contribution is -0.384. The first-order chi connectivity index (χ1) is 14.1. The molecular weight excluding hydrogens is 382 g/mol. The number of nitrogens with one attached hydrogen (secondary N) is 1. The van der Waals surface area contributed by atoms with Gasteiger partial charge in [-0.05, 0) is 35.6 Å². The van der Waals surface area contributed by atoms with Crippen molar-refractivity contribution >= 4 is 23.2 Å². The maximum Gasteiger partial charge on any atom is 0.269 e. The van der Waals surface area contributed by atoms with Gasteiger partial charge in [0.25, 0.3) is 5.69 Å². The summed E-state index contributed by atoms with van der Waals surface area (Å²) in [5, 5.41) is 13.7. The van der Waals surface area contributed by atoms with Crippen molar-refractivity contribution in [1.29, 1.82) is 0 Å². The second-order valence-electron chi connectivity index (χ2n) is 8.78. The molecule has 0 spiro atoms. The fraction of sp³-hybridized carbons (Fsp3) is 0.391. The van der Waals surface area contributed by atoms with Crippen LogP contribution in [-0.4, -0.2) is 23.3 Å². The van der Waals surface area contributed by atoms with Crippen molar-refractivity contribution in [3.05, 3.63) is 69.8 Å². The minimum Gasteiger partial charge on any atom is -0.349 e. The summed E-state index contributed by atoms with van der Waals surface area (Å²) in [6, 6.07) is 13.7. The highest BCUT2D eigenvalue weighted by molar-refractivity contribution is 6.00. The lowest BCUT2D eigenvalue weighted by Gasteiger charge is -2.22. The van der Waals surface area contributed by atoms with Crippen LogP contribution in [0.2, 0.25) is 0 Å². The Morgan fingerprint density at radius 2 is 1.73 bits per heavy atom. The molecule has 0 bridgehead atoms. The third-order valence-corrected chi connectivity index (χ3v) is 5.50. The molecule has 30 heavy (non-hydrogen) atoms. The Labute approximate surface area is 176 Å². The van der Waals surface area contributed by atoms with Crippen LogP contribution in [0.25, 0.3) is 0 Å². The zero-order valence-corrected chi connectivity index (χ0v) is 17.7. The predicted octanol–water partition coefficient (Wildman–Crippen LogP) is 4.12. The second kappa shape index (κ2) is 8.26. The summed E-state index contributed by atoms with van der Waals surface area (Å²) in [5.41, 5.74) is 2.79. The van der Waals surface area contributed by atoms with Crippen LogP contribution in [0, 0.1) is 16.0 Å². The van der Waals surface area contributed by atoms with Crippen LogP contribution in [0.3, 0.4) is 0 Å². The van der Waals surface area contributed by atoms with Gasteiger partial charge in [0, 0.05) is 30.8 Å². The molecule has 1 aliphatic heterocycles. The van der Waals surface area contributed by atoms with E-state index in [0.29, 0.717) is 6.54 Å². The van der Waals surface area contributed by atoms with Gasteiger partial charge in [0.2, 0.25) is 11.8 Å². The summed E-state index contributed by atoms with van der Waals surface area (Å²) in [7, 11) is 0. The summed E-state index contributed by atoms with van der Waals surface area (Å²) < 4.78 is 0. The third-order valence-electron chi connectivity index (χ3n) is 5.50. The van der Waals surface area contributed by atoms with E-state index in [9.17, 15) is 19.7 Å². The minimum atomic E-state index is -0.459. The summed E-state index contributed by atoms with van der Waals surface area (Å²) in [6.45, 7) is 8.56. The van der Waals surface area contributed by atoms with E-state index < -0.39 is 10.8 Å². The van der Waals surface area contributed by atoms with E-state index in [2.05, 4.69) is 26.1 Å². The van der Waals surface area contributed by atoms with Gasteiger partial charge in [-0.3, -0.25) is 19.7 Å². The number of amides is 2. The second-order valence-corrected chi connectivity index (χ2v) is 8.78. The van der Waals surface area contributed by atoms with E-state index >= 15 is 0 Å². The van der Waals surface area contributed by atoms with Crippen molar-refractivity contribution < 1.29 is 14.5 Å². The van der Waals surface area contributed by atoms with Crippen molar-refractivity contribution in [3.8, 4) is 0 Å². The molecule has 0 aromatic heterocycles. The number of rotatable bonds is 5. The van der Waals surface area contributed by atoms with Crippen molar-refractivity contribution in [3.63, 3.8) is 0 Å². The van der Waals surface area contributed by atoms with Gasteiger partial charge in [0.1, 0.15) is 0 Å². The average Bonchev–Trinajstić information content (AvgIpc) is 3.09. The number of carbonyl (C=O) groups excluding carboxylic acids is 2. The summed E-state index contributed by atoms with van der Waals surface area (Å²) >= 11 is 0. The number of anilines is 1. The van der Waals surface area contributed by atoms with Gasteiger partial charge in [-0.2, -0.15) is 0 Å². The molecule has 1 fully saturated rings. The van der Waals surface area contributed by atoms with Gasteiger partial charge < -0.3 is 10.2 Å². The maximum absolute atomic E-state index is 12.7. The lowest BCUT2D eigenvalue weighted by Crippen LogP contribution is -2.34. The molecule has 3 rings (SSSR count). The third kappa shape index (κ3) is 4.67. The van der Waals surface area contributed by atoms with Crippen molar-refractivity contribution in [1.82, 2.24) is 5.32 Å². The number of nitro benzene ring substituents is 1. The Kier molecular flexibility index (Phi) is 5.92. The largest absolute Gasteiger partial charge is 0.349 e. The molecule has 158 valence electrons. The number of carbonyl (C=O) groups is 2. The fourth-order valence-electron chi connectivity index (χ4n) is 3.57. The molecule has 1 heterocycles. The maximum atomic E-state index is 12.7. The molecule has 0 saturated carbocycles. The summed E-state index contributed by atoms with van der Waals surface area (Å²) in [6.07, 6.45) is 0.167. The first-order valence-corrected chi connectivity index (χ1v) is 10.0. The molecule has 1 saturated heterocycles. The Hall–Kier alpha value is -3.22. The molecule has 1 N–H and O–H groups in total. The van der Waals surface area contributed by atoms with Crippen molar-refractivity contribution in [2.45, 2.75) is 45.6 Å². The number of nitro groups is 1. The van der Waals surface area contributed by atoms with Gasteiger partial charge in [0.15, 0.2) is 0 Å². The molecule has 0 aliphatic carbocycles. The monoisotopic (exact) mass is 409 g/mol. The minimum absolute atomic E-state index is 0.00628. The lowest BCUT2D eigenvalue weighted by atomic mass is 9.87. The van der Waals surface area contributed by atoms with E-state index in [-0.39, 0.29) is 35.4 Å². The van der Waals surface area contributed by atoms with E-state index in [0.717, 1.165) is 11.3 Å². The molecule has 2 amide bonds. The van der Waals surface area contributed by atoms with Crippen LogP contribution >= 0.6 is 0 Å². The first-order valence-electron chi connectivity index (χ1n) is 10.0. The smallest absolute Gasteiger partial charge is 0.269 e. The molecule has 2 aromatic carbocycles. The van der Waals surface area contributed by atoms with E-state index in [4.69, 9.17) is 0 Å². The standard InChI is InChI=1S/C23H27N3O4/c1-15(16-5-9-20(10-6-16)26(29)30)24-22(28)17-13-21(27)25(14-17)19-11-7-18(8-12-19)23(2,3)4/h5-12,15,17H,13-14H2,1-4H3,(H,24,28)/t15-,17?/m1/s1. The SMILES string of the molecule is C[C@@H](NC(=O)C1CC(=O)N(c2ccc(C(C)(C)C)cc2)C1)c1ccc([N+](=O)[O-])cc1. The van der Waals surface area contributed by atoms with Crippen LogP contribution in [-0.2, 0) is 15.0 Å². The molecular formula is C23H27N3O4. The molecule has 1 unspecified atom stereocenters. The van der Waals surface area contributed by atoms with Crippen LogP contribution < -0.4 is 10.2 Å². The molecule has 2 aromatic rings. The number of nitrogens with zero attached hydrogens (tertiary/aromatic N) is 2. The summed E-state index contributed by atoms with van der Waals surface area (Å²) in [4.78, 5) is 37.2. The van der Waals surface area contributed by atoms with Crippen LogP contribution in [0.1, 0.15) is 51.3 Å². The molecule has 2 atom stereocenters. The Morgan fingerprint density at radius 3 is 2.27 bits per heavy atom. The highest BCUT2D eigenvalue weighted by Crippen LogP contribution is 2.29. The molecule has 7 nitrogen and oxygen atoms in total. The topological polar surface area (TPSA) is 92.6 Å². The molecule has 7 heteroatoms. The number of benzene rings is 2. The average molecular weight is 409 g/mol. The van der Waals surface area contributed by atoms with Crippen LogP contribution in [0.4, 0.5) is 11.4 Å². The fourth-order valence-corrected chi connectivity index (χ4v) is 3.57. The van der Waals surface area contributed by atoms with E-state index in [1.54, 1.807) is 17.0 Å². The highest BCUT2D eigenvalue weighted by Gasteiger charge is 2.35. The van der Waals surface area contributed by atoms with Crippen molar-refractivity contribution in [2.24, 2.45) is 5.92 Å². The Balaban J connectivity index is 1.64. The quantitative estimate of drug-likeness (QED) is 0.594. The van der Waals surface area contributed by atoms with E-state index in [1.165, 1.54) is 17.7 Å². The van der Waals surface area contributed by atoms with Crippen molar-refractivity contribution in [2.75, 3.05) is 11.4 Å². The van der Waals surface area contributed by atoms with Gasteiger partial charge in [-0.15, -0.1) is 0 Å². The number of non-ortho nitro benzene ring substituents is 1. The van der Waals surface area contributed by atoms with Gasteiger partial charge in [0.05, 0.1) is 16.9 Å². The van der Waals surface area contributed by atoms with Gasteiger partial charge in [-0.1, -0.05) is 45.0 Å². The van der Waals surface area contributed by atoms with Gasteiger partial charge >= 0.3 is 0 Å². The molecule has 1 aliphatic rings. The van der Waals surface area contributed by atoms with Gasteiger partial charge in [-0.25, -0.2) is 0 Å². The predicted molar refractivity (Wildman–Crippen MR) is 115 cm³/mol. The number of hydrogen-bond donors (Lipinski definition) is 1. The molecule has 0 radical (unpaired) electrons. The van der Waals surface area contributed by atoms with Crippen LogP contribution in [0.5, 0.6) is 0 Å². The number of hydrogen-bond acceptors (Lipinski definition) is 4. The summed E-state index contributed by atoms with van der Waals surface area (Å²) in [5.74, 6) is -0.690. The Morgan fingerprint density at radius 1 is 1.13 bits per heavy atom. The first kappa shape index (κ1) is 21.5. The van der Waals surface area contributed by atoms with E-state index in [1.807, 2.05) is 31.2 Å². The van der Waals surface area contributed by atoms with Crippen LogP contribution in [0.15, 0.2) is 48.5 Å². The highest BCUT2D eigenvalue weighted by atomic mass is 16.6. The Bertz CT molecular complexity index is 946. The zero-order chi connectivity index (χ0) is 22.1. The normalized spacial score (nSPS) is 17.7.